The first-order valence-corrected chi connectivity index (χ1v) is 12.1. The van der Waals surface area contributed by atoms with Crippen LogP contribution >= 0.6 is 0 Å². The Hall–Kier alpha value is -3.21. The van der Waals surface area contributed by atoms with Gasteiger partial charge in [0.2, 0.25) is 0 Å². The van der Waals surface area contributed by atoms with Gasteiger partial charge in [0, 0.05) is 5.92 Å². The maximum Gasteiger partial charge on any atom is 0.309 e. The second-order valence-electron chi connectivity index (χ2n) is 9.25. The monoisotopic (exact) mass is 442 g/mol. The molecule has 170 valence electrons. The number of hydrogen-bond acceptors (Lipinski definition) is 4. The molecule has 2 aromatic carbocycles. The summed E-state index contributed by atoms with van der Waals surface area (Å²) in [6, 6.07) is 20.2. The third-order valence-corrected chi connectivity index (χ3v) is 7.07. The Labute approximate surface area is 195 Å². The molecule has 2 aromatic rings. The number of esters is 1. The van der Waals surface area contributed by atoms with Gasteiger partial charge in [0.15, 0.2) is 6.61 Å². The van der Waals surface area contributed by atoms with Gasteiger partial charge in [-0.3, -0.25) is 9.59 Å². The van der Waals surface area contributed by atoms with E-state index in [0.29, 0.717) is 0 Å². The van der Waals surface area contributed by atoms with Crippen LogP contribution in [0.5, 0.6) is 0 Å². The van der Waals surface area contributed by atoms with Crippen molar-refractivity contribution in [1.82, 2.24) is 5.01 Å². The molecule has 2 atom stereocenters. The SMILES string of the molecule is O=C(OCC(=O)N1N=C2C(=Cc3ccccc3)CCCC2C1c1ccccc1)C1CCCC1. The van der Waals surface area contributed by atoms with E-state index in [9.17, 15) is 9.59 Å². The van der Waals surface area contributed by atoms with Crippen molar-refractivity contribution in [1.29, 1.82) is 0 Å². The van der Waals surface area contributed by atoms with Crippen molar-refractivity contribution in [3.05, 3.63) is 77.4 Å². The highest BCUT2D eigenvalue weighted by molar-refractivity contribution is 6.08. The average Bonchev–Trinajstić information content (AvgIpc) is 3.53. The summed E-state index contributed by atoms with van der Waals surface area (Å²) in [5.41, 5.74) is 4.39. The molecule has 1 heterocycles. The molecule has 2 unspecified atom stereocenters. The molecule has 33 heavy (non-hydrogen) atoms. The zero-order valence-corrected chi connectivity index (χ0v) is 18.9. The molecule has 5 rings (SSSR count). The zero-order valence-electron chi connectivity index (χ0n) is 18.9. The predicted molar refractivity (Wildman–Crippen MR) is 128 cm³/mol. The van der Waals surface area contributed by atoms with Crippen molar-refractivity contribution in [3.8, 4) is 0 Å². The highest BCUT2D eigenvalue weighted by Crippen LogP contribution is 2.44. The summed E-state index contributed by atoms with van der Waals surface area (Å²) in [7, 11) is 0. The number of carbonyl (C=O) groups excluding carboxylic acids is 2. The number of carbonyl (C=O) groups is 2. The lowest BCUT2D eigenvalue weighted by Crippen LogP contribution is -2.35. The fourth-order valence-corrected chi connectivity index (χ4v) is 5.42. The number of fused-ring (bicyclic) bond motifs is 1. The molecule has 1 amide bonds. The minimum Gasteiger partial charge on any atom is -0.455 e. The number of benzene rings is 2. The van der Waals surface area contributed by atoms with E-state index in [1.807, 2.05) is 36.4 Å². The summed E-state index contributed by atoms with van der Waals surface area (Å²) in [5.74, 6) is -0.414. The van der Waals surface area contributed by atoms with Crippen LogP contribution in [-0.4, -0.2) is 29.2 Å². The molecule has 5 heteroatoms. The van der Waals surface area contributed by atoms with Crippen LogP contribution in [0.25, 0.3) is 6.08 Å². The van der Waals surface area contributed by atoms with E-state index in [4.69, 9.17) is 9.84 Å². The van der Waals surface area contributed by atoms with Crippen molar-refractivity contribution >= 4 is 23.7 Å². The number of allylic oxidation sites excluding steroid dienone is 1. The van der Waals surface area contributed by atoms with Gasteiger partial charge in [-0.2, -0.15) is 5.10 Å². The van der Waals surface area contributed by atoms with Gasteiger partial charge in [0.1, 0.15) is 0 Å². The minimum absolute atomic E-state index is 0.0596. The molecule has 0 bridgehead atoms. The van der Waals surface area contributed by atoms with Crippen LogP contribution in [0.15, 0.2) is 71.3 Å². The predicted octanol–water partition coefficient (Wildman–Crippen LogP) is 5.54. The van der Waals surface area contributed by atoms with Gasteiger partial charge in [-0.25, -0.2) is 5.01 Å². The zero-order chi connectivity index (χ0) is 22.6. The number of amides is 1. The lowest BCUT2D eigenvalue weighted by molar-refractivity contribution is -0.156. The van der Waals surface area contributed by atoms with Crippen molar-refractivity contribution < 1.29 is 14.3 Å². The summed E-state index contributed by atoms with van der Waals surface area (Å²) >= 11 is 0. The Balaban J connectivity index is 1.41. The van der Waals surface area contributed by atoms with Crippen LogP contribution in [-0.2, 0) is 14.3 Å². The number of hydrogen-bond donors (Lipinski definition) is 0. The fraction of sp³-hybridized carbons (Fsp3) is 0.393. The Bertz CT molecular complexity index is 1060. The van der Waals surface area contributed by atoms with Crippen LogP contribution in [0.4, 0.5) is 0 Å². The third-order valence-electron chi connectivity index (χ3n) is 7.07. The van der Waals surface area contributed by atoms with E-state index < -0.39 is 0 Å². The van der Waals surface area contributed by atoms with Crippen LogP contribution < -0.4 is 0 Å². The Morgan fingerprint density at radius 1 is 0.939 bits per heavy atom. The molecule has 0 N–H and O–H groups in total. The maximum absolute atomic E-state index is 13.3. The first kappa shape index (κ1) is 21.6. The van der Waals surface area contributed by atoms with Crippen LogP contribution in [0, 0.1) is 11.8 Å². The second kappa shape index (κ2) is 9.74. The topological polar surface area (TPSA) is 59.0 Å². The molecule has 2 fully saturated rings. The number of nitrogens with zero attached hydrogens (tertiary/aromatic N) is 2. The van der Waals surface area contributed by atoms with Gasteiger partial charge in [-0.05, 0) is 54.9 Å². The fourth-order valence-electron chi connectivity index (χ4n) is 5.42. The minimum atomic E-state index is -0.254. The molecule has 0 radical (unpaired) electrons. The Morgan fingerprint density at radius 3 is 2.36 bits per heavy atom. The van der Waals surface area contributed by atoms with Gasteiger partial charge in [0.25, 0.3) is 5.91 Å². The summed E-state index contributed by atoms with van der Waals surface area (Å²) in [6.07, 6.45) is 9.03. The molecule has 5 nitrogen and oxygen atoms in total. The molecule has 1 aliphatic heterocycles. The van der Waals surface area contributed by atoms with Crippen molar-refractivity contribution in [3.63, 3.8) is 0 Å². The molecular weight excluding hydrogens is 412 g/mol. The third kappa shape index (κ3) is 4.63. The van der Waals surface area contributed by atoms with Crippen molar-refractivity contribution in [2.24, 2.45) is 16.9 Å². The van der Waals surface area contributed by atoms with Gasteiger partial charge in [-0.1, -0.05) is 73.5 Å². The Kier molecular flexibility index (Phi) is 6.38. The van der Waals surface area contributed by atoms with Crippen molar-refractivity contribution in [2.45, 2.75) is 51.0 Å². The summed E-state index contributed by atoms with van der Waals surface area (Å²) in [6.45, 7) is -0.250. The lowest BCUT2D eigenvalue weighted by Gasteiger charge is -2.29. The first-order valence-electron chi connectivity index (χ1n) is 12.1. The standard InChI is InChI=1S/C28H30N2O3/c31-25(19-33-28(32)22-14-7-8-15-22)30-27(21-12-5-2-6-13-21)24-17-9-16-23(26(24)29-30)18-20-10-3-1-4-11-20/h1-6,10-13,18,22,24,27H,7-9,14-17,19H2. The smallest absolute Gasteiger partial charge is 0.309 e. The summed E-state index contributed by atoms with van der Waals surface area (Å²) < 4.78 is 5.45. The molecule has 2 aliphatic carbocycles. The lowest BCUT2D eigenvalue weighted by atomic mass is 9.77. The number of hydrazone groups is 1. The highest BCUT2D eigenvalue weighted by atomic mass is 16.5. The van der Waals surface area contributed by atoms with Gasteiger partial charge in [-0.15, -0.1) is 0 Å². The molecule has 0 saturated heterocycles. The first-order chi connectivity index (χ1) is 16.2. The molecule has 0 spiro atoms. The normalized spacial score (nSPS) is 23.9. The van der Waals surface area contributed by atoms with E-state index in [-0.39, 0.29) is 36.4 Å². The second-order valence-corrected chi connectivity index (χ2v) is 9.25. The number of rotatable bonds is 5. The van der Waals surface area contributed by atoms with E-state index in [2.05, 4.69) is 30.3 Å². The largest absolute Gasteiger partial charge is 0.455 e. The Morgan fingerprint density at radius 2 is 1.64 bits per heavy atom. The quantitative estimate of drug-likeness (QED) is 0.571. The average molecular weight is 443 g/mol. The van der Waals surface area contributed by atoms with Crippen LogP contribution in [0.2, 0.25) is 0 Å². The van der Waals surface area contributed by atoms with E-state index in [0.717, 1.165) is 61.8 Å². The number of ether oxygens (including phenoxy) is 1. The summed E-state index contributed by atoms with van der Waals surface area (Å²) in [5, 5.41) is 6.45. The van der Waals surface area contributed by atoms with E-state index in [1.54, 1.807) is 5.01 Å². The molecular formula is C28H30N2O3. The van der Waals surface area contributed by atoms with E-state index >= 15 is 0 Å². The molecule has 3 aliphatic rings. The van der Waals surface area contributed by atoms with Gasteiger partial charge < -0.3 is 4.74 Å². The van der Waals surface area contributed by atoms with Gasteiger partial charge >= 0.3 is 5.97 Å². The van der Waals surface area contributed by atoms with Crippen molar-refractivity contribution in [2.75, 3.05) is 6.61 Å². The van der Waals surface area contributed by atoms with Crippen LogP contribution in [0.3, 0.4) is 0 Å². The van der Waals surface area contributed by atoms with Gasteiger partial charge in [0.05, 0.1) is 17.7 Å². The highest BCUT2D eigenvalue weighted by Gasteiger charge is 2.43. The maximum atomic E-state index is 13.3. The van der Waals surface area contributed by atoms with E-state index in [1.165, 1.54) is 5.57 Å². The van der Waals surface area contributed by atoms with Crippen LogP contribution in [0.1, 0.15) is 62.1 Å². The molecule has 0 aromatic heterocycles. The molecule has 2 saturated carbocycles. The summed E-state index contributed by atoms with van der Waals surface area (Å²) in [4.78, 5) is 25.7.